The Balaban J connectivity index is 2.03. The van der Waals surface area contributed by atoms with Crippen molar-refractivity contribution in [1.82, 2.24) is 10.3 Å². The molecule has 0 aromatic carbocycles. The Morgan fingerprint density at radius 3 is 2.95 bits per heavy atom. The van der Waals surface area contributed by atoms with E-state index in [1.165, 1.54) is 17.7 Å². The summed E-state index contributed by atoms with van der Waals surface area (Å²) in [5.41, 5.74) is 2.48. The van der Waals surface area contributed by atoms with Crippen molar-refractivity contribution in [3.05, 3.63) is 23.4 Å². The van der Waals surface area contributed by atoms with Crippen LogP contribution in [0, 0.1) is 12.8 Å². The van der Waals surface area contributed by atoms with Crippen LogP contribution < -0.4 is 10.2 Å². The lowest BCUT2D eigenvalue weighted by atomic mass is 10.2. The van der Waals surface area contributed by atoms with Crippen LogP contribution in [-0.4, -0.2) is 35.6 Å². The molecule has 0 bridgehead atoms. The van der Waals surface area contributed by atoms with Gasteiger partial charge in [0.05, 0.1) is 0 Å². The highest BCUT2D eigenvalue weighted by atomic mass is 32.2. The van der Waals surface area contributed by atoms with Crippen LogP contribution in [0.4, 0.5) is 5.82 Å². The second-order valence-corrected chi connectivity index (χ2v) is 7.76. The van der Waals surface area contributed by atoms with Gasteiger partial charge in [0.15, 0.2) is 0 Å². The van der Waals surface area contributed by atoms with Gasteiger partial charge in [-0.25, -0.2) is 4.98 Å². The maximum absolute atomic E-state index is 4.76. The molecule has 21 heavy (non-hydrogen) atoms. The Bertz CT molecular complexity index is 448. The number of aryl methyl sites for hydroxylation is 1. The van der Waals surface area contributed by atoms with E-state index in [1.807, 2.05) is 0 Å². The zero-order valence-electron chi connectivity index (χ0n) is 13.9. The summed E-state index contributed by atoms with van der Waals surface area (Å²) in [4.78, 5) is 7.22. The van der Waals surface area contributed by atoms with Crippen LogP contribution in [0.15, 0.2) is 12.1 Å². The molecule has 1 aliphatic heterocycles. The van der Waals surface area contributed by atoms with Crippen molar-refractivity contribution in [3.63, 3.8) is 0 Å². The molecular formula is C17H29N3S. The van der Waals surface area contributed by atoms with Crippen molar-refractivity contribution in [2.24, 2.45) is 5.92 Å². The summed E-state index contributed by atoms with van der Waals surface area (Å²) in [5, 5.41) is 4.28. The highest BCUT2D eigenvalue weighted by Crippen LogP contribution is 2.25. The molecule has 1 saturated heterocycles. The molecule has 1 aliphatic rings. The van der Waals surface area contributed by atoms with Gasteiger partial charge in [-0.2, -0.15) is 11.8 Å². The Hall–Kier alpha value is -0.740. The number of hydrogen-bond donors (Lipinski definition) is 1. The zero-order valence-corrected chi connectivity index (χ0v) is 14.7. The van der Waals surface area contributed by atoms with Crippen LogP contribution >= 0.6 is 11.8 Å². The number of pyridine rings is 1. The van der Waals surface area contributed by atoms with E-state index < -0.39 is 0 Å². The molecule has 2 heterocycles. The average molecular weight is 308 g/mol. The van der Waals surface area contributed by atoms with E-state index in [1.54, 1.807) is 0 Å². The fourth-order valence-electron chi connectivity index (χ4n) is 2.66. The number of aromatic nitrogens is 1. The van der Waals surface area contributed by atoms with Crippen molar-refractivity contribution >= 4 is 17.6 Å². The molecule has 1 unspecified atom stereocenters. The maximum atomic E-state index is 4.76. The number of rotatable bonds is 6. The molecule has 118 valence electrons. The van der Waals surface area contributed by atoms with E-state index in [0.717, 1.165) is 42.9 Å². The minimum atomic E-state index is 0.692. The van der Waals surface area contributed by atoms with Gasteiger partial charge in [0, 0.05) is 36.3 Å². The molecule has 1 aromatic rings. The Labute approximate surface area is 133 Å². The first-order valence-corrected chi connectivity index (χ1v) is 9.18. The molecule has 4 heteroatoms. The molecule has 0 radical (unpaired) electrons. The zero-order chi connectivity index (χ0) is 15.2. The minimum absolute atomic E-state index is 0.692. The van der Waals surface area contributed by atoms with Gasteiger partial charge in [-0.05, 0) is 43.5 Å². The first kappa shape index (κ1) is 16.6. The third-order valence-corrected chi connectivity index (χ3v) is 5.17. The van der Waals surface area contributed by atoms with Gasteiger partial charge < -0.3 is 10.2 Å². The second-order valence-electron chi connectivity index (χ2n) is 6.35. The third-order valence-electron chi connectivity index (χ3n) is 3.80. The lowest BCUT2D eigenvalue weighted by Gasteiger charge is -2.33. The fourth-order valence-corrected chi connectivity index (χ4v) is 3.84. The van der Waals surface area contributed by atoms with Gasteiger partial charge in [0.25, 0.3) is 0 Å². The molecule has 1 N–H and O–H groups in total. The molecular weight excluding hydrogens is 278 g/mol. The second kappa shape index (κ2) is 8.04. The first-order chi connectivity index (χ1) is 10.1. The summed E-state index contributed by atoms with van der Waals surface area (Å²) in [6.45, 7) is 13.1. The molecule has 1 atom stereocenters. The molecule has 0 spiro atoms. The van der Waals surface area contributed by atoms with Gasteiger partial charge in [0.1, 0.15) is 5.82 Å². The topological polar surface area (TPSA) is 28.2 Å². The predicted octanol–water partition coefficient (Wildman–Crippen LogP) is 3.47. The van der Waals surface area contributed by atoms with Gasteiger partial charge >= 0.3 is 0 Å². The molecule has 0 aliphatic carbocycles. The monoisotopic (exact) mass is 307 g/mol. The van der Waals surface area contributed by atoms with E-state index in [0.29, 0.717) is 5.92 Å². The molecule has 3 nitrogen and oxygen atoms in total. The van der Waals surface area contributed by atoms with Crippen LogP contribution in [-0.2, 0) is 6.54 Å². The average Bonchev–Trinajstić information content (AvgIpc) is 2.46. The summed E-state index contributed by atoms with van der Waals surface area (Å²) in [6.07, 6.45) is 1.25. The number of thioether (sulfide) groups is 1. The van der Waals surface area contributed by atoms with E-state index >= 15 is 0 Å². The fraction of sp³-hybridized carbons (Fsp3) is 0.706. The van der Waals surface area contributed by atoms with Crippen molar-refractivity contribution in [1.29, 1.82) is 0 Å². The maximum Gasteiger partial charge on any atom is 0.129 e. The summed E-state index contributed by atoms with van der Waals surface area (Å²) in [7, 11) is 0. The Morgan fingerprint density at radius 1 is 1.43 bits per heavy atom. The van der Waals surface area contributed by atoms with Gasteiger partial charge in [-0.15, -0.1) is 0 Å². The van der Waals surface area contributed by atoms with Crippen LogP contribution in [0.25, 0.3) is 0 Å². The molecule has 1 aromatic heterocycles. The minimum Gasteiger partial charge on any atom is -0.355 e. The highest BCUT2D eigenvalue weighted by molar-refractivity contribution is 8.00. The van der Waals surface area contributed by atoms with Crippen LogP contribution in [0.3, 0.4) is 0 Å². The van der Waals surface area contributed by atoms with Crippen molar-refractivity contribution in [2.75, 3.05) is 30.3 Å². The summed E-state index contributed by atoms with van der Waals surface area (Å²) in [5.74, 6) is 3.07. The largest absolute Gasteiger partial charge is 0.355 e. The van der Waals surface area contributed by atoms with E-state index in [-0.39, 0.29) is 0 Å². The Kier molecular flexibility index (Phi) is 6.37. The SMILES string of the molecule is CCC1CN(c2cc(CNCC(C)C)cc(C)n2)CCS1. The van der Waals surface area contributed by atoms with Crippen molar-refractivity contribution in [2.45, 2.75) is 45.9 Å². The van der Waals surface area contributed by atoms with Crippen LogP contribution in [0.1, 0.15) is 38.4 Å². The lowest BCUT2D eigenvalue weighted by molar-refractivity contribution is 0.552. The quantitative estimate of drug-likeness (QED) is 0.871. The summed E-state index contributed by atoms with van der Waals surface area (Å²) >= 11 is 2.11. The highest BCUT2D eigenvalue weighted by Gasteiger charge is 2.20. The smallest absolute Gasteiger partial charge is 0.129 e. The third kappa shape index (κ3) is 5.19. The lowest BCUT2D eigenvalue weighted by Crippen LogP contribution is -2.38. The Morgan fingerprint density at radius 2 is 2.24 bits per heavy atom. The normalized spacial score (nSPS) is 19.3. The number of hydrogen-bond acceptors (Lipinski definition) is 4. The first-order valence-electron chi connectivity index (χ1n) is 8.13. The van der Waals surface area contributed by atoms with Crippen LogP contribution in [0.2, 0.25) is 0 Å². The predicted molar refractivity (Wildman–Crippen MR) is 94.3 cm³/mol. The van der Waals surface area contributed by atoms with Crippen LogP contribution in [0.5, 0.6) is 0 Å². The molecule has 0 saturated carbocycles. The molecule has 2 rings (SSSR count). The van der Waals surface area contributed by atoms with E-state index in [4.69, 9.17) is 4.98 Å². The van der Waals surface area contributed by atoms with Gasteiger partial charge in [-0.1, -0.05) is 20.8 Å². The summed E-state index contributed by atoms with van der Waals surface area (Å²) in [6, 6.07) is 4.47. The standard InChI is InChI=1S/C17H29N3S/c1-5-16-12-20(6-7-21-16)17-9-15(8-14(4)19-17)11-18-10-13(2)3/h8-9,13,16,18H,5-7,10-12H2,1-4H3. The molecule has 0 amide bonds. The number of nitrogens with zero attached hydrogens (tertiary/aromatic N) is 2. The number of anilines is 1. The van der Waals surface area contributed by atoms with Crippen molar-refractivity contribution < 1.29 is 0 Å². The van der Waals surface area contributed by atoms with Crippen molar-refractivity contribution in [3.8, 4) is 0 Å². The van der Waals surface area contributed by atoms with Gasteiger partial charge in [0.2, 0.25) is 0 Å². The van der Waals surface area contributed by atoms with Gasteiger partial charge in [-0.3, -0.25) is 0 Å². The number of nitrogens with one attached hydrogen (secondary N) is 1. The molecule has 1 fully saturated rings. The summed E-state index contributed by atoms with van der Waals surface area (Å²) < 4.78 is 0. The van der Waals surface area contributed by atoms with E-state index in [9.17, 15) is 0 Å². The van der Waals surface area contributed by atoms with E-state index in [2.05, 4.69) is 61.8 Å².